The van der Waals surface area contributed by atoms with Crippen LogP contribution in [0.15, 0.2) is 22.6 Å². The normalized spacial score (nSPS) is 25.6. The zero-order chi connectivity index (χ0) is 22.4. The van der Waals surface area contributed by atoms with Crippen molar-refractivity contribution in [2.75, 3.05) is 5.75 Å². The molecule has 1 fully saturated rings. The SMILES string of the molecule is C=CC[C@]12SC(SCC(C)=O)=C(C(=O)O)N1C(=O)[C@@H]2[C@@H](C)O[Si](C)(C)C(C)(C)C. The average molecular weight is 458 g/mol. The first-order chi connectivity index (χ1) is 13.2. The van der Waals surface area contributed by atoms with E-state index in [9.17, 15) is 19.5 Å². The molecule has 0 spiro atoms. The third-order valence-electron chi connectivity index (χ3n) is 5.84. The van der Waals surface area contributed by atoms with E-state index in [0.29, 0.717) is 10.7 Å². The predicted octanol–water partition coefficient (Wildman–Crippen LogP) is 4.45. The number of hydrogen-bond donors (Lipinski definition) is 1. The molecule has 0 aromatic rings. The van der Waals surface area contributed by atoms with Crippen LogP contribution >= 0.6 is 23.5 Å². The summed E-state index contributed by atoms with van der Waals surface area (Å²) in [5.74, 6) is -1.73. The first-order valence-electron chi connectivity index (χ1n) is 9.61. The molecule has 9 heteroatoms. The van der Waals surface area contributed by atoms with E-state index in [-0.39, 0.29) is 34.3 Å². The molecule has 0 bridgehead atoms. The smallest absolute Gasteiger partial charge is 0.354 e. The molecular formula is C20H31NO5S2Si. The molecule has 1 amide bonds. The van der Waals surface area contributed by atoms with Gasteiger partial charge in [0.05, 0.1) is 22.0 Å². The first-order valence-corrected chi connectivity index (χ1v) is 14.3. The van der Waals surface area contributed by atoms with Crippen LogP contribution in [0.5, 0.6) is 0 Å². The molecular weight excluding hydrogens is 426 g/mol. The minimum atomic E-state index is -2.11. The number of Topliss-reactive ketones (excluding diaryl/α,β-unsaturated/α-hetero) is 1. The number of amides is 1. The van der Waals surface area contributed by atoms with E-state index in [1.807, 2.05) is 6.92 Å². The van der Waals surface area contributed by atoms with Crippen LogP contribution in [0, 0.1) is 5.92 Å². The van der Waals surface area contributed by atoms with E-state index in [0.717, 1.165) is 0 Å². The summed E-state index contributed by atoms with van der Waals surface area (Å²) in [5, 5.41) is 9.77. The van der Waals surface area contributed by atoms with E-state index in [4.69, 9.17) is 4.43 Å². The number of carboxylic acid groups (broad SMARTS) is 1. The third kappa shape index (κ3) is 4.24. The number of fused-ring (bicyclic) bond motifs is 1. The fourth-order valence-electron chi connectivity index (χ4n) is 3.49. The number of nitrogens with zero attached hydrogens (tertiary/aromatic N) is 1. The second kappa shape index (κ2) is 8.24. The van der Waals surface area contributed by atoms with Crippen molar-refractivity contribution < 1.29 is 23.9 Å². The maximum absolute atomic E-state index is 13.1. The summed E-state index contributed by atoms with van der Waals surface area (Å²) in [7, 11) is -2.11. The van der Waals surface area contributed by atoms with Gasteiger partial charge in [-0.25, -0.2) is 4.79 Å². The van der Waals surface area contributed by atoms with Crippen molar-refractivity contribution in [3.8, 4) is 0 Å². The second-order valence-electron chi connectivity index (χ2n) is 9.11. The van der Waals surface area contributed by atoms with Gasteiger partial charge in [-0.2, -0.15) is 0 Å². The Morgan fingerprint density at radius 1 is 1.45 bits per heavy atom. The summed E-state index contributed by atoms with van der Waals surface area (Å²) in [4.78, 5) is 37.2. The number of ketones is 1. The zero-order valence-corrected chi connectivity index (χ0v) is 20.8. The van der Waals surface area contributed by atoms with Crippen LogP contribution in [-0.2, 0) is 18.8 Å². The predicted molar refractivity (Wildman–Crippen MR) is 121 cm³/mol. The average Bonchev–Trinajstić information content (AvgIpc) is 2.82. The molecule has 2 rings (SSSR count). The number of carbonyl (C=O) groups is 3. The quantitative estimate of drug-likeness (QED) is 0.311. The Kier molecular flexibility index (Phi) is 6.89. The summed E-state index contributed by atoms with van der Waals surface area (Å²) in [6.07, 6.45) is 1.82. The van der Waals surface area contributed by atoms with Gasteiger partial charge in [0.25, 0.3) is 0 Å². The highest BCUT2D eigenvalue weighted by molar-refractivity contribution is 8.23. The number of rotatable bonds is 9. The molecule has 1 N–H and O–H groups in total. The van der Waals surface area contributed by atoms with Crippen molar-refractivity contribution in [1.29, 1.82) is 0 Å². The number of carboxylic acids is 1. The molecule has 0 aliphatic carbocycles. The molecule has 0 aromatic heterocycles. The van der Waals surface area contributed by atoms with Gasteiger partial charge >= 0.3 is 5.97 Å². The highest BCUT2D eigenvalue weighted by Crippen LogP contribution is 2.63. The summed E-state index contributed by atoms with van der Waals surface area (Å²) >= 11 is 2.55. The van der Waals surface area contributed by atoms with Gasteiger partial charge in [0.1, 0.15) is 10.7 Å². The Hall–Kier alpha value is -1.03. The molecule has 1 saturated heterocycles. The molecule has 0 radical (unpaired) electrons. The monoisotopic (exact) mass is 457 g/mol. The lowest BCUT2D eigenvalue weighted by Crippen LogP contribution is -2.70. The van der Waals surface area contributed by atoms with Gasteiger partial charge in [0, 0.05) is 0 Å². The van der Waals surface area contributed by atoms with Crippen LogP contribution in [0.3, 0.4) is 0 Å². The Labute approximate surface area is 182 Å². The van der Waals surface area contributed by atoms with Crippen LogP contribution in [0.1, 0.15) is 41.0 Å². The summed E-state index contributed by atoms with van der Waals surface area (Å²) in [5.41, 5.74) is -0.0242. The minimum Gasteiger partial charge on any atom is -0.477 e. The topological polar surface area (TPSA) is 83.9 Å². The number of hydrogen-bond acceptors (Lipinski definition) is 6. The Morgan fingerprint density at radius 2 is 2.03 bits per heavy atom. The highest BCUT2D eigenvalue weighted by Gasteiger charge is 2.68. The Morgan fingerprint density at radius 3 is 2.48 bits per heavy atom. The molecule has 0 unspecified atom stereocenters. The molecule has 2 aliphatic rings. The lowest BCUT2D eigenvalue weighted by molar-refractivity contribution is -0.165. The molecule has 162 valence electrons. The first kappa shape index (κ1) is 24.2. The van der Waals surface area contributed by atoms with Crippen LogP contribution in [-0.4, -0.2) is 52.7 Å². The standard InChI is InChI=1S/C20H31NO5S2Si/c1-9-10-20-14(13(3)26-29(7,8)19(4,5)6)16(23)21(20)15(17(24)25)18(28-20)27-11-12(2)22/h9,13-14H,1,10-11H2,2-8H3,(H,24,25)/t13-,14+,20-/m1/s1. The zero-order valence-electron chi connectivity index (χ0n) is 18.2. The Bertz CT molecular complexity index is 773. The van der Waals surface area contributed by atoms with Gasteiger partial charge in [-0.1, -0.05) is 38.6 Å². The van der Waals surface area contributed by atoms with E-state index < -0.39 is 25.1 Å². The second-order valence-corrected chi connectivity index (χ2v) is 16.4. The lowest BCUT2D eigenvalue weighted by Gasteiger charge is -2.56. The molecule has 2 aliphatic heterocycles. The van der Waals surface area contributed by atoms with Gasteiger partial charge in [-0.15, -0.1) is 18.3 Å². The Balaban J connectivity index is 2.38. The van der Waals surface area contributed by atoms with Crippen molar-refractivity contribution in [2.24, 2.45) is 5.92 Å². The molecule has 3 atom stereocenters. The summed E-state index contributed by atoms with van der Waals surface area (Å²) < 4.78 is 7.01. The van der Waals surface area contributed by atoms with Crippen LogP contribution in [0.4, 0.5) is 0 Å². The maximum Gasteiger partial charge on any atom is 0.354 e. The molecule has 29 heavy (non-hydrogen) atoms. The fraction of sp³-hybridized carbons (Fsp3) is 0.650. The highest BCUT2D eigenvalue weighted by atomic mass is 32.2. The number of β-lactam (4-membered cyclic amide) rings is 1. The summed E-state index contributed by atoms with van der Waals surface area (Å²) in [6.45, 7) is 17.9. The van der Waals surface area contributed by atoms with E-state index in [1.54, 1.807) is 6.08 Å². The van der Waals surface area contributed by atoms with Gasteiger partial charge in [0.2, 0.25) is 5.91 Å². The van der Waals surface area contributed by atoms with Gasteiger partial charge < -0.3 is 9.53 Å². The van der Waals surface area contributed by atoms with Crippen molar-refractivity contribution in [2.45, 2.75) is 70.1 Å². The van der Waals surface area contributed by atoms with Gasteiger partial charge in [0.15, 0.2) is 14.0 Å². The lowest BCUT2D eigenvalue weighted by atomic mass is 9.80. The van der Waals surface area contributed by atoms with Crippen molar-refractivity contribution >= 4 is 49.5 Å². The van der Waals surface area contributed by atoms with Crippen molar-refractivity contribution in [3.63, 3.8) is 0 Å². The molecule has 0 aromatic carbocycles. The maximum atomic E-state index is 13.1. The number of aliphatic carboxylic acids is 1. The number of carbonyl (C=O) groups excluding carboxylic acids is 2. The molecule has 2 heterocycles. The fourth-order valence-corrected chi connectivity index (χ4v) is 7.90. The minimum absolute atomic E-state index is 0.00483. The van der Waals surface area contributed by atoms with Crippen molar-refractivity contribution in [3.05, 3.63) is 22.6 Å². The number of thioether (sulfide) groups is 2. The van der Waals surface area contributed by atoms with Gasteiger partial charge in [-0.05, 0) is 38.4 Å². The largest absolute Gasteiger partial charge is 0.477 e. The van der Waals surface area contributed by atoms with E-state index >= 15 is 0 Å². The van der Waals surface area contributed by atoms with E-state index in [2.05, 4.69) is 40.4 Å². The van der Waals surface area contributed by atoms with Crippen LogP contribution in [0.25, 0.3) is 0 Å². The summed E-state index contributed by atoms with van der Waals surface area (Å²) in [6, 6.07) is 0. The van der Waals surface area contributed by atoms with Crippen molar-refractivity contribution in [1.82, 2.24) is 4.90 Å². The van der Waals surface area contributed by atoms with Crippen LogP contribution < -0.4 is 0 Å². The van der Waals surface area contributed by atoms with E-state index in [1.165, 1.54) is 35.3 Å². The van der Waals surface area contributed by atoms with Gasteiger partial charge in [-0.3, -0.25) is 14.5 Å². The molecule has 6 nitrogen and oxygen atoms in total. The third-order valence-corrected chi connectivity index (χ3v) is 13.4. The molecule has 0 saturated carbocycles. The van der Waals surface area contributed by atoms with Crippen LogP contribution in [0.2, 0.25) is 18.1 Å².